The highest BCUT2D eigenvalue weighted by Crippen LogP contribution is 2.09. The average molecular weight is 619 g/mol. The monoisotopic (exact) mass is 618 g/mol. The molecule has 0 unspecified atom stereocenters. The first-order valence-electron chi connectivity index (χ1n) is 12.9. The van der Waals surface area contributed by atoms with Crippen molar-refractivity contribution in [2.24, 2.45) is 12.8 Å². The van der Waals surface area contributed by atoms with Crippen molar-refractivity contribution >= 4 is 20.2 Å². The van der Waals surface area contributed by atoms with Crippen LogP contribution in [0.2, 0.25) is 0 Å². The molecule has 0 saturated heterocycles. The first-order chi connectivity index (χ1) is 19.6. The van der Waals surface area contributed by atoms with Gasteiger partial charge in [0.25, 0.3) is 20.2 Å². The number of nitrogens with zero attached hydrogens (tertiary/aromatic N) is 2. The Morgan fingerprint density at radius 3 is 1.69 bits per heavy atom. The molecule has 0 aliphatic carbocycles. The zero-order valence-electron chi connectivity index (χ0n) is 23.7. The van der Waals surface area contributed by atoms with Crippen LogP contribution in [0.3, 0.4) is 0 Å². The van der Waals surface area contributed by atoms with Crippen LogP contribution in [0.5, 0.6) is 0 Å². The standard InChI is InChI=1S/C15H22N4O.2C7H8O3S/c1-19-11-13(9-18-19)8-17-10-15(20)14(16)7-12-5-3-2-4-6-12;2*1-6-2-4-7(5-3-6)11(8,9)10/h2-6,9,11,14-15,17,20H,7-8,10,16H2,1H3;2*2-5H,1H3,(H,8,9,10)/t14-,15+;;/m0../s1. The Bertz CT molecular complexity index is 1500. The molecule has 0 spiro atoms. The van der Waals surface area contributed by atoms with E-state index in [9.17, 15) is 21.9 Å². The number of aromatic nitrogens is 2. The van der Waals surface area contributed by atoms with Crippen LogP contribution in [0.25, 0.3) is 0 Å². The van der Waals surface area contributed by atoms with Crippen LogP contribution in [0.4, 0.5) is 0 Å². The van der Waals surface area contributed by atoms with Crippen molar-refractivity contribution in [2.75, 3.05) is 6.54 Å². The number of rotatable bonds is 9. The molecule has 42 heavy (non-hydrogen) atoms. The van der Waals surface area contributed by atoms with Crippen LogP contribution in [-0.2, 0) is 40.2 Å². The molecule has 4 rings (SSSR count). The lowest BCUT2D eigenvalue weighted by molar-refractivity contribution is 0.141. The molecule has 2 atom stereocenters. The number of hydrogen-bond donors (Lipinski definition) is 5. The van der Waals surface area contributed by atoms with Gasteiger partial charge in [-0.05, 0) is 50.1 Å². The number of hydrogen-bond acceptors (Lipinski definition) is 8. The maximum atomic E-state index is 10.5. The average Bonchev–Trinajstić information content (AvgIpc) is 3.34. The molecule has 1 aromatic heterocycles. The van der Waals surface area contributed by atoms with Gasteiger partial charge in [0.1, 0.15) is 0 Å². The van der Waals surface area contributed by atoms with Gasteiger partial charge in [0.15, 0.2) is 0 Å². The van der Waals surface area contributed by atoms with Gasteiger partial charge in [-0.1, -0.05) is 65.7 Å². The van der Waals surface area contributed by atoms with Crippen molar-refractivity contribution in [1.82, 2.24) is 15.1 Å². The molecule has 0 bridgehead atoms. The number of aliphatic hydroxyl groups is 1. The second kappa shape index (κ2) is 16.3. The maximum absolute atomic E-state index is 10.5. The quantitative estimate of drug-likeness (QED) is 0.175. The molecule has 0 aliphatic heterocycles. The van der Waals surface area contributed by atoms with Gasteiger partial charge in [-0.15, -0.1) is 0 Å². The van der Waals surface area contributed by atoms with E-state index in [1.807, 2.05) is 63.6 Å². The third-order valence-corrected chi connectivity index (χ3v) is 7.62. The Kier molecular flexibility index (Phi) is 13.5. The van der Waals surface area contributed by atoms with Gasteiger partial charge in [0.05, 0.1) is 22.1 Å². The largest absolute Gasteiger partial charge is 0.390 e. The summed E-state index contributed by atoms with van der Waals surface area (Å²) in [5.41, 5.74) is 10.2. The lowest BCUT2D eigenvalue weighted by atomic mass is 10.0. The highest BCUT2D eigenvalue weighted by molar-refractivity contribution is 7.86. The highest BCUT2D eigenvalue weighted by atomic mass is 32.2. The van der Waals surface area contributed by atoms with Gasteiger partial charge in [-0.3, -0.25) is 13.8 Å². The minimum atomic E-state index is -4.02. The Labute approximate surface area is 247 Å². The maximum Gasteiger partial charge on any atom is 0.294 e. The molecule has 6 N–H and O–H groups in total. The second-order valence-corrected chi connectivity index (χ2v) is 12.5. The van der Waals surface area contributed by atoms with Crippen molar-refractivity contribution in [3.05, 3.63) is 114 Å². The Hall–Kier alpha value is -3.43. The molecule has 228 valence electrons. The molecular weight excluding hydrogens is 580 g/mol. The van der Waals surface area contributed by atoms with E-state index in [0.29, 0.717) is 19.5 Å². The number of aliphatic hydroxyl groups excluding tert-OH is 1. The third kappa shape index (κ3) is 13.0. The summed E-state index contributed by atoms with van der Waals surface area (Å²) in [6, 6.07) is 21.7. The van der Waals surface area contributed by atoms with E-state index in [0.717, 1.165) is 22.3 Å². The van der Waals surface area contributed by atoms with Crippen molar-refractivity contribution in [2.45, 2.75) is 48.7 Å². The van der Waals surface area contributed by atoms with E-state index in [1.54, 1.807) is 28.9 Å². The van der Waals surface area contributed by atoms with Gasteiger partial charge in [0.2, 0.25) is 0 Å². The first kappa shape index (κ1) is 34.8. The molecule has 1 heterocycles. The topological polar surface area (TPSA) is 185 Å². The van der Waals surface area contributed by atoms with Crippen LogP contribution in [0, 0.1) is 13.8 Å². The summed E-state index contributed by atoms with van der Waals surface area (Å²) in [5, 5.41) is 17.3. The van der Waals surface area contributed by atoms with Crippen LogP contribution in [0.15, 0.2) is 101 Å². The number of benzene rings is 3. The van der Waals surface area contributed by atoms with Crippen LogP contribution in [0.1, 0.15) is 22.3 Å². The summed E-state index contributed by atoms with van der Waals surface area (Å²) in [6.07, 6.45) is 3.87. The van der Waals surface area contributed by atoms with E-state index in [4.69, 9.17) is 14.8 Å². The molecule has 11 nitrogen and oxygen atoms in total. The van der Waals surface area contributed by atoms with Crippen molar-refractivity contribution in [3.8, 4) is 0 Å². The van der Waals surface area contributed by atoms with Crippen molar-refractivity contribution in [1.29, 1.82) is 0 Å². The van der Waals surface area contributed by atoms with Crippen LogP contribution in [-0.4, -0.2) is 59.5 Å². The van der Waals surface area contributed by atoms with Crippen molar-refractivity contribution < 1.29 is 31.0 Å². The van der Waals surface area contributed by atoms with Gasteiger partial charge in [-0.2, -0.15) is 21.9 Å². The molecule has 4 aromatic rings. The SMILES string of the molecule is Cc1ccc(S(=O)(=O)O)cc1.Cc1ccc(S(=O)(=O)O)cc1.Cn1cc(CNC[C@@H](O)[C@@H](N)Cc2ccccc2)cn1. The molecule has 0 saturated carbocycles. The Morgan fingerprint density at radius 1 is 0.810 bits per heavy atom. The molecule has 3 aromatic carbocycles. The minimum absolute atomic E-state index is 0.0666. The Balaban J connectivity index is 0.000000239. The molecular formula is C29H38N4O7S2. The summed E-state index contributed by atoms with van der Waals surface area (Å²) < 4.78 is 60.9. The zero-order valence-corrected chi connectivity index (χ0v) is 25.3. The predicted molar refractivity (Wildman–Crippen MR) is 161 cm³/mol. The normalized spacial score (nSPS) is 12.7. The predicted octanol–water partition coefficient (Wildman–Crippen LogP) is 2.92. The fourth-order valence-corrected chi connectivity index (χ4v) is 4.48. The number of nitrogens with two attached hydrogens (primary N) is 1. The number of aryl methyl sites for hydroxylation is 3. The Morgan fingerprint density at radius 2 is 1.29 bits per heavy atom. The minimum Gasteiger partial charge on any atom is -0.390 e. The lowest BCUT2D eigenvalue weighted by Crippen LogP contribution is -2.42. The highest BCUT2D eigenvalue weighted by Gasteiger charge is 2.15. The smallest absolute Gasteiger partial charge is 0.294 e. The fraction of sp³-hybridized carbons (Fsp3) is 0.276. The van der Waals surface area contributed by atoms with Crippen LogP contribution >= 0.6 is 0 Å². The van der Waals surface area contributed by atoms with E-state index in [-0.39, 0.29) is 15.8 Å². The van der Waals surface area contributed by atoms with Gasteiger partial charge in [-0.25, -0.2) is 0 Å². The molecule has 0 radical (unpaired) electrons. The summed E-state index contributed by atoms with van der Waals surface area (Å²) in [6.45, 7) is 4.84. The molecule has 0 aliphatic rings. The van der Waals surface area contributed by atoms with Crippen LogP contribution < -0.4 is 11.1 Å². The summed E-state index contributed by atoms with van der Waals surface area (Å²) in [7, 11) is -6.16. The van der Waals surface area contributed by atoms with Gasteiger partial charge < -0.3 is 16.2 Å². The lowest BCUT2D eigenvalue weighted by Gasteiger charge is -2.19. The first-order valence-corrected chi connectivity index (χ1v) is 15.8. The second-order valence-electron chi connectivity index (χ2n) is 9.65. The fourth-order valence-electron chi connectivity index (χ4n) is 3.52. The summed E-state index contributed by atoms with van der Waals surface area (Å²) >= 11 is 0. The van der Waals surface area contributed by atoms with Crippen molar-refractivity contribution in [3.63, 3.8) is 0 Å². The van der Waals surface area contributed by atoms with E-state index >= 15 is 0 Å². The number of nitrogens with one attached hydrogen (secondary N) is 1. The van der Waals surface area contributed by atoms with Gasteiger partial charge in [0, 0.05) is 37.9 Å². The molecule has 0 amide bonds. The third-order valence-electron chi connectivity index (χ3n) is 5.89. The zero-order chi connectivity index (χ0) is 31.3. The van der Waals surface area contributed by atoms with E-state index in [1.165, 1.54) is 24.3 Å². The van der Waals surface area contributed by atoms with E-state index < -0.39 is 26.3 Å². The van der Waals surface area contributed by atoms with Gasteiger partial charge >= 0.3 is 0 Å². The molecule has 13 heteroatoms. The molecule has 0 fully saturated rings. The summed E-state index contributed by atoms with van der Waals surface area (Å²) in [5.74, 6) is 0. The summed E-state index contributed by atoms with van der Waals surface area (Å²) in [4.78, 5) is -0.133. The van der Waals surface area contributed by atoms with E-state index in [2.05, 4.69) is 10.4 Å².